The van der Waals surface area contributed by atoms with Crippen molar-refractivity contribution in [1.82, 2.24) is 10.2 Å². The van der Waals surface area contributed by atoms with Crippen molar-refractivity contribution in [2.45, 2.75) is 5.88 Å². The Hall–Kier alpha value is -1.33. The van der Waals surface area contributed by atoms with Crippen LogP contribution in [-0.2, 0) is 5.88 Å². The van der Waals surface area contributed by atoms with Crippen molar-refractivity contribution in [2.24, 2.45) is 0 Å². The van der Waals surface area contributed by atoms with Crippen molar-refractivity contribution in [1.29, 1.82) is 0 Å². The van der Waals surface area contributed by atoms with Gasteiger partial charge in [0, 0.05) is 5.69 Å². The van der Waals surface area contributed by atoms with Crippen LogP contribution in [0.3, 0.4) is 0 Å². The molecule has 4 nitrogen and oxygen atoms in total. The lowest BCUT2D eigenvalue weighted by Gasteiger charge is -2.01. The number of hydrogen-bond donors (Lipinski definition) is 1. The normalized spacial score (nSPS) is 10.4. The van der Waals surface area contributed by atoms with Gasteiger partial charge in [0.1, 0.15) is 11.7 Å². The Labute approximate surface area is 100 Å². The highest BCUT2D eigenvalue weighted by atomic mass is 35.5. The predicted octanol–water partition coefficient (Wildman–Crippen LogP) is 3.34. The molecular weight excluding hydrogens is 256 g/mol. The second kappa shape index (κ2) is 4.67. The minimum absolute atomic E-state index is 0.0533. The van der Waals surface area contributed by atoms with Crippen LogP contribution in [0.1, 0.15) is 5.89 Å². The second-order valence-electron chi connectivity index (χ2n) is 2.89. The monoisotopic (exact) mass is 261 g/mol. The molecular formula is C9H6Cl2FN3O. The van der Waals surface area contributed by atoms with Crippen LogP contribution in [-0.4, -0.2) is 10.2 Å². The molecule has 2 rings (SSSR count). The zero-order valence-electron chi connectivity index (χ0n) is 7.88. The maximum absolute atomic E-state index is 13.1. The molecule has 0 aliphatic carbocycles. The number of benzene rings is 1. The molecule has 2 aromatic rings. The minimum Gasteiger partial charge on any atom is -0.407 e. The third-order valence-corrected chi connectivity index (χ3v) is 2.29. The summed E-state index contributed by atoms with van der Waals surface area (Å²) in [5.41, 5.74) is 0.465. The van der Waals surface area contributed by atoms with E-state index >= 15 is 0 Å². The second-order valence-corrected chi connectivity index (χ2v) is 3.56. The van der Waals surface area contributed by atoms with E-state index in [1.807, 2.05) is 0 Å². The fourth-order valence-corrected chi connectivity index (χ4v) is 1.28. The Morgan fingerprint density at radius 2 is 2.19 bits per heavy atom. The number of aromatic nitrogens is 2. The molecule has 1 N–H and O–H groups in total. The van der Waals surface area contributed by atoms with Crippen LogP contribution in [0.5, 0.6) is 0 Å². The molecule has 1 heterocycles. The molecule has 16 heavy (non-hydrogen) atoms. The number of hydrogen-bond acceptors (Lipinski definition) is 4. The van der Waals surface area contributed by atoms with E-state index in [0.29, 0.717) is 11.6 Å². The highest BCUT2D eigenvalue weighted by molar-refractivity contribution is 6.30. The fourth-order valence-electron chi connectivity index (χ4n) is 1.06. The molecule has 7 heteroatoms. The Kier molecular flexibility index (Phi) is 3.26. The summed E-state index contributed by atoms with van der Waals surface area (Å²) in [7, 11) is 0. The summed E-state index contributed by atoms with van der Waals surface area (Å²) < 4.78 is 18.2. The Morgan fingerprint density at radius 3 is 2.81 bits per heavy atom. The SMILES string of the molecule is Fc1cc(Nc2nnc(CCl)o2)ccc1Cl. The standard InChI is InChI=1S/C9H6Cl2FN3O/c10-4-8-14-15-9(16-8)13-5-1-2-6(11)7(12)3-5/h1-3H,4H2,(H,13,15). The summed E-state index contributed by atoms with van der Waals surface area (Å²) in [6.45, 7) is 0. The van der Waals surface area contributed by atoms with Crippen molar-refractivity contribution in [2.75, 3.05) is 5.32 Å². The average molecular weight is 262 g/mol. The van der Waals surface area contributed by atoms with Crippen molar-refractivity contribution < 1.29 is 8.81 Å². The van der Waals surface area contributed by atoms with Crippen LogP contribution < -0.4 is 5.32 Å². The number of anilines is 2. The average Bonchev–Trinajstić information content (AvgIpc) is 2.71. The van der Waals surface area contributed by atoms with Crippen molar-refractivity contribution in [3.8, 4) is 0 Å². The van der Waals surface area contributed by atoms with Gasteiger partial charge in [-0.05, 0) is 18.2 Å². The number of rotatable bonds is 3. The van der Waals surface area contributed by atoms with Gasteiger partial charge in [-0.25, -0.2) is 4.39 Å². The quantitative estimate of drug-likeness (QED) is 0.862. The topological polar surface area (TPSA) is 51.0 Å². The smallest absolute Gasteiger partial charge is 0.320 e. The molecule has 0 bridgehead atoms. The van der Waals surface area contributed by atoms with Crippen LogP contribution in [0.4, 0.5) is 16.1 Å². The van der Waals surface area contributed by atoms with Crippen LogP contribution in [0.15, 0.2) is 22.6 Å². The summed E-state index contributed by atoms with van der Waals surface area (Å²) in [4.78, 5) is 0. The molecule has 0 spiro atoms. The van der Waals surface area contributed by atoms with E-state index in [9.17, 15) is 4.39 Å². The lowest BCUT2D eigenvalue weighted by molar-refractivity contribution is 0.530. The molecule has 1 aromatic carbocycles. The highest BCUT2D eigenvalue weighted by Gasteiger charge is 2.06. The summed E-state index contributed by atoms with van der Waals surface area (Å²) >= 11 is 11.0. The Balaban J connectivity index is 2.17. The van der Waals surface area contributed by atoms with Crippen LogP contribution >= 0.6 is 23.2 Å². The lowest BCUT2D eigenvalue weighted by atomic mass is 10.3. The summed E-state index contributed by atoms with van der Waals surface area (Å²) in [6, 6.07) is 4.40. The van der Waals surface area contributed by atoms with Gasteiger partial charge in [0.2, 0.25) is 5.89 Å². The molecule has 0 aliphatic heterocycles. The molecule has 1 aromatic heterocycles. The Bertz CT molecular complexity index is 503. The zero-order valence-corrected chi connectivity index (χ0v) is 9.39. The van der Waals surface area contributed by atoms with Gasteiger partial charge in [-0.1, -0.05) is 16.7 Å². The van der Waals surface area contributed by atoms with Gasteiger partial charge in [-0.3, -0.25) is 0 Å². The molecule has 0 amide bonds. The maximum atomic E-state index is 13.1. The molecule has 0 saturated carbocycles. The van der Waals surface area contributed by atoms with E-state index in [0.717, 1.165) is 0 Å². The number of halogens is 3. The van der Waals surface area contributed by atoms with Crippen LogP contribution in [0.25, 0.3) is 0 Å². The van der Waals surface area contributed by atoms with Gasteiger partial charge in [0.15, 0.2) is 0 Å². The Morgan fingerprint density at radius 1 is 1.38 bits per heavy atom. The van der Waals surface area contributed by atoms with Crippen molar-refractivity contribution >= 4 is 34.9 Å². The molecule has 0 saturated heterocycles. The molecule has 0 unspecified atom stereocenters. The molecule has 0 fully saturated rings. The minimum atomic E-state index is -0.524. The van der Waals surface area contributed by atoms with Gasteiger partial charge in [0.25, 0.3) is 0 Å². The van der Waals surface area contributed by atoms with Crippen LogP contribution in [0, 0.1) is 5.82 Å². The summed E-state index contributed by atoms with van der Waals surface area (Å²) in [5, 5.41) is 10.1. The third kappa shape index (κ3) is 2.43. The van der Waals surface area contributed by atoms with Crippen molar-refractivity contribution in [3.63, 3.8) is 0 Å². The number of nitrogens with zero attached hydrogens (tertiary/aromatic N) is 2. The summed E-state index contributed by atoms with van der Waals surface area (Å²) in [6.07, 6.45) is 0. The lowest BCUT2D eigenvalue weighted by Crippen LogP contribution is -1.91. The van der Waals surface area contributed by atoms with Crippen molar-refractivity contribution in [3.05, 3.63) is 34.9 Å². The van der Waals surface area contributed by atoms with E-state index in [2.05, 4.69) is 15.5 Å². The highest BCUT2D eigenvalue weighted by Crippen LogP contribution is 2.21. The van der Waals surface area contributed by atoms with E-state index in [4.69, 9.17) is 27.6 Å². The van der Waals surface area contributed by atoms with Gasteiger partial charge >= 0.3 is 6.01 Å². The predicted molar refractivity (Wildman–Crippen MR) is 58.5 cm³/mol. The van der Waals surface area contributed by atoms with Gasteiger partial charge in [0.05, 0.1) is 5.02 Å². The number of alkyl halides is 1. The zero-order chi connectivity index (χ0) is 11.5. The van der Waals surface area contributed by atoms with E-state index in [-0.39, 0.29) is 16.9 Å². The van der Waals surface area contributed by atoms with Gasteiger partial charge in [-0.15, -0.1) is 16.7 Å². The third-order valence-electron chi connectivity index (χ3n) is 1.75. The molecule has 0 atom stereocenters. The van der Waals surface area contributed by atoms with Gasteiger partial charge < -0.3 is 9.73 Å². The maximum Gasteiger partial charge on any atom is 0.320 e. The van der Waals surface area contributed by atoms with E-state index in [1.165, 1.54) is 12.1 Å². The summed E-state index contributed by atoms with van der Waals surface area (Å²) in [5.74, 6) is -0.105. The van der Waals surface area contributed by atoms with Gasteiger partial charge in [-0.2, -0.15) is 0 Å². The first-order chi connectivity index (χ1) is 7.69. The largest absolute Gasteiger partial charge is 0.407 e. The fraction of sp³-hybridized carbons (Fsp3) is 0.111. The number of nitrogens with one attached hydrogen (secondary N) is 1. The molecule has 0 aliphatic rings. The first-order valence-corrected chi connectivity index (χ1v) is 5.20. The molecule has 0 radical (unpaired) electrons. The first kappa shape index (κ1) is 11.2. The molecule has 84 valence electrons. The first-order valence-electron chi connectivity index (χ1n) is 4.29. The van der Waals surface area contributed by atoms with E-state index in [1.54, 1.807) is 6.07 Å². The van der Waals surface area contributed by atoms with E-state index < -0.39 is 5.82 Å². The van der Waals surface area contributed by atoms with Crippen LogP contribution in [0.2, 0.25) is 5.02 Å².